The molecule has 2 rings (SSSR count). The van der Waals surface area contributed by atoms with Crippen LogP contribution in [0.15, 0.2) is 46.4 Å². The standard InChI is InChI=1S/C20H26N2/c1-5-16(6-2)21-18-13-9-11-15-12-10-14-19(20(15)18)22-17(7-3)8-4/h9-14H,5-8H2,1-4H3. The van der Waals surface area contributed by atoms with Gasteiger partial charge in [-0.1, -0.05) is 52.0 Å². The van der Waals surface area contributed by atoms with Gasteiger partial charge in [0.15, 0.2) is 0 Å². The fourth-order valence-electron chi connectivity index (χ4n) is 2.64. The van der Waals surface area contributed by atoms with Crippen molar-refractivity contribution in [1.29, 1.82) is 0 Å². The van der Waals surface area contributed by atoms with Crippen molar-refractivity contribution in [3.63, 3.8) is 0 Å². The second-order valence-electron chi connectivity index (χ2n) is 5.42. The van der Waals surface area contributed by atoms with E-state index in [0.717, 1.165) is 37.1 Å². The monoisotopic (exact) mass is 294 g/mol. The van der Waals surface area contributed by atoms with Crippen molar-refractivity contribution in [3.05, 3.63) is 36.4 Å². The number of fused-ring (bicyclic) bond motifs is 1. The lowest BCUT2D eigenvalue weighted by Crippen LogP contribution is -1.93. The smallest absolute Gasteiger partial charge is 0.0729 e. The summed E-state index contributed by atoms with van der Waals surface area (Å²) in [6, 6.07) is 12.6. The third-order valence-electron chi connectivity index (χ3n) is 4.05. The first-order valence-corrected chi connectivity index (χ1v) is 8.38. The van der Waals surface area contributed by atoms with Crippen LogP contribution in [-0.4, -0.2) is 11.4 Å². The van der Waals surface area contributed by atoms with Crippen molar-refractivity contribution in [2.45, 2.75) is 53.4 Å². The van der Waals surface area contributed by atoms with E-state index >= 15 is 0 Å². The second-order valence-corrected chi connectivity index (χ2v) is 5.42. The van der Waals surface area contributed by atoms with Gasteiger partial charge in [0.25, 0.3) is 0 Å². The Balaban J connectivity index is 2.68. The molecule has 0 spiro atoms. The van der Waals surface area contributed by atoms with E-state index in [2.05, 4.69) is 64.1 Å². The molecule has 0 aliphatic rings. The molecule has 0 fully saturated rings. The molecule has 0 radical (unpaired) electrons. The first-order chi connectivity index (χ1) is 10.7. The molecular formula is C20H26N2. The highest BCUT2D eigenvalue weighted by molar-refractivity contribution is 6.04. The third-order valence-corrected chi connectivity index (χ3v) is 4.05. The number of rotatable bonds is 6. The quantitative estimate of drug-likeness (QED) is 0.534. The molecule has 0 aliphatic carbocycles. The average molecular weight is 294 g/mol. The van der Waals surface area contributed by atoms with Crippen LogP contribution >= 0.6 is 0 Å². The van der Waals surface area contributed by atoms with Crippen LogP contribution in [0, 0.1) is 0 Å². The zero-order valence-electron chi connectivity index (χ0n) is 14.2. The SMILES string of the molecule is CCC(CC)=Nc1cccc2cccc(N=C(CC)CC)c12. The maximum absolute atomic E-state index is 4.89. The van der Waals surface area contributed by atoms with Gasteiger partial charge in [-0.25, -0.2) is 0 Å². The van der Waals surface area contributed by atoms with Crippen molar-refractivity contribution in [2.24, 2.45) is 9.98 Å². The Labute approximate surface area is 134 Å². The molecule has 22 heavy (non-hydrogen) atoms. The lowest BCUT2D eigenvalue weighted by molar-refractivity contribution is 1.15. The first kappa shape index (κ1) is 16.4. The van der Waals surface area contributed by atoms with Crippen molar-refractivity contribution >= 4 is 33.6 Å². The maximum atomic E-state index is 4.89. The van der Waals surface area contributed by atoms with Gasteiger partial charge in [0.05, 0.1) is 11.4 Å². The fraction of sp³-hybridized carbons (Fsp3) is 0.400. The molecule has 0 bridgehead atoms. The topological polar surface area (TPSA) is 24.7 Å². The average Bonchev–Trinajstić information content (AvgIpc) is 2.57. The largest absolute Gasteiger partial charge is 0.257 e. The second kappa shape index (κ2) is 7.88. The van der Waals surface area contributed by atoms with Gasteiger partial charge in [0.1, 0.15) is 0 Å². The minimum Gasteiger partial charge on any atom is -0.257 e. The van der Waals surface area contributed by atoms with Crippen LogP contribution < -0.4 is 0 Å². The van der Waals surface area contributed by atoms with E-state index in [1.807, 2.05) is 0 Å². The Morgan fingerprint density at radius 1 is 0.682 bits per heavy atom. The van der Waals surface area contributed by atoms with Gasteiger partial charge < -0.3 is 0 Å². The Bertz CT molecular complexity index is 627. The molecule has 0 saturated carbocycles. The number of hydrogen-bond donors (Lipinski definition) is 0. The highest BCUT2D eigenvalue weighted by Crippen LogP contribution is 2.35. The predicted octanol–water partition coefficient (Wildman–Crippen LogP) is 6.62. The van der Waals surface area contributed by atoms with Crippen molar-refractivity contribution in [2.75, 3.05) is 0 Å². The Kier molecular flexibility index (Phi) is 5.88. The van der Waals surface area contributed by atoms with Gasteiger partial charge in [-0.2, -0.15) is 0 Å². The van der Waals surface area contributed by atoms with Crippen molar-refractivity contribution < 1.29 is 0 Å². The van der Waals surface area contributed by atoms with Crippen LogP contribution in [-0.2, 0) is 0 Å². The normalized spacial score (nSPS) is 10.5. The molecule has 0 N–H and O–H groups in total. The zero-order chi connectivity index (χ0) is 15.9. The lowest BCUT2D eigenvalue weighted by Gasteiger charge is -2.09. The van der Waals surface area contributed by atoms with Crippen LogP contribution in [0.4, 0.5) is 11.4 Å². The highest BCUT2D eigenvalue weighted by Gasteiger charge is 2.07. The van der Waals surface area contributed by atoms with Crippen molar-refractivity contribution in [3.8, 4) is 0 Å². The summed E-state index contributed by atoms with van der Waals surface area (Å²) in [5.74, 6) is 0. The molecule has 0 unspecified atom stereocenters. The van der Waals surface area contributed by atoms with Gasteiger partial charge in [0, 0.05) is 16.8 Å². The minimum absolute atomic E-state index is 0.994. The Morgan fingerprint density at radius 2 is 1.09 bits per heavy atom. The summed E-state index contributed by atoms with van der Waals surface area (Å²) >= 11 is 0. The van der Waals surface area contributed by atoms with E-state index in [4.69, 9.17) is 9.98 Å². The van der Waals surface area contributed by atoms with E-state index in [9.17, 15) is 0 Å². The summed E-state index contributed by atoms with van der Waals surface area (Å²) in [5.41, 5.74) is 4.55. The Hall–Kier alpha value is -1.96. The molecule has 2 aromatic rings. The minimum atomic E-state index is 0.994. The predicted molar refractivity (Wildman–Crippen MR) is 99.3 cm³/mol. The molecule has 0 aromatic heterocycles. The number of benzene rings is 2. The maximum Gasteiger partial charge on any atom is 0.0729 e. The van der Waals surface area contributed by atoms with Gasteiger partial charge >= 0.3 is 0 Å². The molecule has 0 atom stereocenters. The van der Waals surface area contributed by atoms with E-state index in [-0.39, 0.29) is 0 Å². The fourth-order valence-corrected chi connectivity index (χ4v) is 2.64. The van der Waals surface area contributed by atoms with E-state index in [1.54, 1.807) is 0 Å². The number of hydrogen-bond acceptors (Lipinski definition) is 2. The number of nitrogens with zero attached hydrogens (tertiary/aromatic N) is 2. The Morgan fingerprint density at radius 3 is 1.45 bits per heavy atom. The van der Waals surface area contributed by atoms with Crippen LogP contribution in [0.1, 0.15) is 53.4 Å². The molecule has 2 heteroatoms. The first-order valence-electron chi connectivity index (χ1n) is 8.38. The summed E-state index contributed by atoms with van der Waals surface area (Å²) in [6.07, 6.45) is 3.97. The summed E-state index contributed by atoms with van der Waals surface area (Å²) in [7, 11) is 0. The molecule has 0 saturated heterocycles. The van der Waals surface area contributed by atoms with Gasteiger partial charge in [-0.05, 0) is 43.2 Å². The van der Waals surface area contributed by atoms with E-state index in [1.165, 1.54) is 22.2 Å². The van der Waals surface area contributed by atoms with Crippen molar-refractivity contribution in [1.82, 2.24) is 0 Å². The van der Waals surface area contributed by atoms with Crippen LogP contribution in [0.3, 0.4) is 0 Å². The molecule has 0 amide bonds. The third kappa shape index (κ3) is 3.62. The molecule has 0 aliphatic heterocycles. The van der Waals surface area contributed by atoms with Gasteiger partial charge in [-0.15, -0.1) is 0 Å². The molecule has 2 aromatic carbocycles. The number of aliphatic imine (C=N–C) groups is 2. The van der Waals surface area contributed by atoms with Crippen LogP contribution in [0.5, 0.6) is 0 Å². The summed E-state index contributed by atoms with van der Waals surface area (Å²) in [5, 5.41) is 2.38. The van der Waals surface area contributed by atoms with E-state index in [0.29, 0.717) is 0 Å². The zero-order valence-corrected chi connectivity index (χ0v) is 14.2. The molecule has 116 valence electrons. The summed E-state index contributed by atoms with van der Waals surface area (Å²) < 4.78 is 0. The molecular weight excluding hydrogens is 268 g/mol. The van der Waals surface area contributed by atoms with Crippen LogP contribution in [0.2, 0.25) is 0 Å². The van der Waals surface area contributed by atoms with Crippen LogP contribution in [0.25, 0.3) is 10.8 Å². The van der Waals surface area contributed by atoms with E-state index < -0.39 is 0 Å². The lowest BCUT2D eigenvalue weighted by atomic mass is 10.1. The highest BCUT2D eigenvalue weighted by atomic mass is 14.8. The summed E-state index contributed by atoms with van der Waals surface area (Å²) in [6.45, 7) is 8.66. The summed E-state index contributed by atoms with van der Waals surface area (Å²) in [4.78, 5) is 9.78. The molecule has 2 nitrogen and oxygen atoms in total. The van der Waals surface area contributed by atoms with Gasteiger partial charge in [0.2, 0.25) is 0 Å². The van der Waals surface area contributed by atoms with Gasteiger partial charge in [-0.3, -0.25) is 9.98 Å². The molecule has 0 heterocycles.